The van der Waals surface area contributed by atoms with E-state index in [1.54, 1.807) is 12.1 Å². The number of carbonyl (C=O) groups is 1. The van der Waals surface area contributed by atoms with Crippen LogP contribution in [0.2, 0.25) is 0 Å². The molecule has 0 bridgehead atoms. The summed E-state index contributed by atoms with van der Waals surface area (Å²) < 4.78 is 13.9. The third-order valence-electron chi connectivity index (χ3n) is 3.56. The summed E-state index contributed by atoms with van der Waals surface area (Å²) in [6.07, 6.45) is 4.74. The van der Waals surface area contributed by atoms with E-state index in [2.05, 4.69) is 11.8 Å². The molecule has 3 nitrogen and oxygen atoms in total. The van der Waals surface area contributed by atoms with Gasteiger partial charge in [0.05, 0.1) is 0 Å². The molecular formula is C15H18FNO2. The highest BCUT2D eigenvalue weighted by Gasteiger charge is 2.21. The Bertz CT molecular complexity index is 499. The molecule has 1 aromatic carbocycles. The topological polar surface area (TPSA) is 40.5 Å². The van der Waals surface area contributed by atoms with Gasteiger partial charge in [-0.15, -0.1) is 0 Å². The maximum atomic E-state index is 13.9. The van der Waals surface area contributed by atoms with E-state index >= 15 is 0 Å². The van der Waals surface area contributed by atoms with Crippen LogP contribution in [0, 0.1) is 5.82 Å². The Morgan fingerprint density at radius 3 is 2.95 bits per heavy atom. The molecule has 1 unspecified atom stereocenters. The van der Waals surface area contributed by atoms with Gasteiger partial charge in [-0.05, 0) is 44.0 Å². The third-order valence-corrected chi connectivity index (χ3v) is 3.56. The van der Waals surface area contributed by atoms with E-state index in [0.29, 0.717) is 23.7 Å². The van der Waals surface area contributed by atoms with Crippen molar-refractivity contribution in [2.45, 2.75) is 32.4 Å². The summed E-state index contributed by atoms with van der Waals surface area (Å²) in [5.74, 6) is -1.30. The van der Waals surface area contributed by atoms with E-state index in [1.807, 2.05) is 0 Å². The van der Waals surface area contributed by atoms with Gasteiger partial charge in [-0.1, -0.05) is 12.1 Å². The highest BCUT2D eigenvalue weighted by Crippen LogP contribution is 2.21. The van der Waals surface area contributed by atoms with Crippen LogP contribution in [0.1, 0.15) is 30.9 Å². The van der Waals surface area contributed by atoms with E-state index in [9.17, 15) is 9.18 Å². The molecule has 0 aliphatic carbocycles. The lowest BCUT2D eigenvalue weighted by Crippen LogP contribution is -2.26. The molecular weight excluding hydrogens is 245 g/mol. The van der Waals surface area contributed by atoms with Gasteiger partial charge in [0.25, 0.3) is 0 Å². The van der Waals surface area contributed by atoms with Crippen LogP contribution >= 0.6 is 0 Å². The molecule has 1 aliphatic rings. The summed E-state index contributed by atoms with van der Waals surface area (Å²) in [5, 5.41) is 8.53. The summed E-state index contributed by atoms with van der Waals surface area (Å²) in [5.41, 5.74) is 1.24. The average molecular weight is 263 g/mol. The largest absolute Gasteiger partial charge is 0.478 e. The van der Waals surface area contributed by atoms with E-state index < -0.39 is 5.97 Å². The van der Waals surface area contributed by atoms with Crippen molar-refractivity contribution < 1.29 is 14.3 Å². The normalized spacial score (nSPS) is 20.2. The van der Waals surface area contributed by atoms with Gasteiger partial charge in [-0.2, -0.15) is 0 Å². The maximum absolute atomic E-state index is 13.9. The molecule has 102 valence electrons. The average Bonchev–Trinajstić information content (AvgIpc) is 2.75. The Kier molecular flexibility index (Phi) is 4.32. The van der Waals surface area contributed by atoms with Crippen LogP contribution < -0.4 is 0 Å². The molecule has 0 aromatic heterocycles. The molecule has 0 amide bonds. The van der Waals surface area contributed by atoms with Gasteiger partial charge in [-0.3, -0.25) is 4.90 Å². The van der Waals surface area contributed by atoms with Gasteiger partial charge >= 0.3 is 5.97 Å². The minimum absolute atomic E-state index is 0.272. The molecule has 1 fully saturated rings. The van der Waals surface area contributed by atoms with E-state index in [1.165, 1.54) is 25.0 Å². The smallest absolute Gasteiger partial charge is 0.328 e. The number of likely N-dealkylation sites (tertiary alicyclic amines) is 1. The predicted molar refractivity (Wildman–Crippen MR) is 72.2 cm³/mol. The van der Waals surface area contributed by atoms with Crippen molar-refractivity contribution in [1.82, 2.24) is 4.90 Å². The molecule has 1 N–H and O–H groups in total. The van der Waals surface area contributed by atoms with Crippen LogP contribution in [0.4, 0.5) is 4.39 Å². The van der Waals surface area contributed by atoms with Crippen molar-refractivity contribution in [2.24, 2.45) is 0 Å². The van der Waals surface area contributed by atoms with Crippen LogP contribution in [0.15, 0.2) is 24.3 Å². The summed E-state index contributed by atoms with van der Waals surface area (Å²) in [6, 6.07) is 5.38. The second-order valence-corrected chi connectivity index (χ2v) is 4.98. The van der Waals surface area contributed by atoms with Gasteiger partial charge in [0.15, 0.2) is 0 Å². The fraction of sp³-hybridized carbons (Fsp3) is 0.400. The van der Waals surface area contributed by atoms with Crippen LogP contribution in [0.5, 0.6) is 0 Å². The molecule has 0 saturated carbocycles. The van der Waals surface area contributed by atoms with Gasteiger partial charge in [0.2, 0.25) is 0 Å². The van der Waals surface area contributed by atoms with Crippen LogP contribution in [-0.2, 0) is 11.3 Å². The summed E-state index contributed by atoms with van der Waals surface area (Å²) in [7, 11) is 0. The highest BCUT2D eigenvalue weighted by atomic mass is 19.1. The zero-order chi connectivity index (χ0) is 13.8. The molecule has 1 aromatic rings. The number of hydrogen-bond acceptors (Lipinski definition) is 2. The minimum Gasteiger partial charge on any atom is -0.478 e. The Morgan fingerprint density at radius 2 is 2.37 bits per heavy atom. The van der Waals surface area contributed by atoms with Crippen molar-refractivity contribution in [3.8, 4) is 0 Å². The molecule has 0 radical (unpaired) electrons. The monoisotopic (exact) mass is 263 g/mol. The number of hydrogen-bond donors (Lipinski definition) is 1. The second-order valence-electron chi connectivity index (χ2n) is 4.98. The van der Waals surface area contributed by atoms with Gasteiger partial charge in [-0.25, -0.2) is 9.18 Å². The molecule has 19 heavy (non-hydrogen) atoms. The molecule has 4 heteroatoms. The number of carboxylic acids is 1. The van der Waals surface area contributed by atoms with Crippen molar-refractivity contribution in [1.29, 1.82) is 0 Å². The van der Waals surface area contributed by atoms with E-state index in [-0.39, 0.29) is 5.82 Å². The molecule has 2 rings (SSSR count). The Hall–Kier alpha value is -1.68. The van der Waals surface area contributed by atoms with E-state index in [0.717, 1.165) is 12.6 Å². The minimum atomic E-state index is -1.03. The number of benzene rings is 1. The molecule has 1 atom stereocenters. The Labute approximate surface area is 112 Å². The fourth-order valence-electron chi connectivity index (χ4n) is 2.41. The number of nitrogens with zero attached hydrogens (tertiary/aromatic N) is 1. The van der Waals surface area contributed by atoms with E-state index in [4.69, 9.17) is 5.11 Å². The molecule has 1 heterocycles. The summed E-state index contributed by atoms with van der Waals surface area (Å²) >= 11 is 0. The predicted octanol–water partition coefficient (Wildman–Crippen LogP) is 2.91. The lowest BCUT2D eigenvalue weighted by molar-refractivity contribution is -0.131. The summed E-state index contributed by atoms with van der Waals surface area (Å²) in [6.45, 7) is 3.80. The lowest BCUT2D eigenvalue weighted by Gasteiger charge is -2.21. The van der Waals surface area contributed by atoms with Crippen LogP contribution in [-0.4, -0.2) is 28.6 Å². The molecule has 0 spiro atoms. The van der Waals surface area contributed by atoms with Crippen LogP contribution in [0.25, 0.3) is 6.08 Å². The first-order valence-corrected chi connectivity index (χ1v) is 6.50. The highest BCUT2D eigenvalue weighted by molar-refractivity contribution is 5.85. The number of halogens is 1. The van der Waals surface area contributed by atoms with Gasteiger partial charge < -0.3 is 5.11 Å². The number of aliphatic carboxylic acids is 1. The molecule has 1 saturated heterocycles. The van der Waals surface area contributed by atoms with Crippen molar-refractivity contribution in [3.63, 3.8) is 0 Å². The first-order valence-electron chi connectivity index (χ1n) is 6.50. The lowest BCUT2D eigenvalue weighted by atomic mass is 10.1. The van der Waals surface area contributed by atoms with Gasteiger partial charge in [0, 0.05) is 24.2 Å². The number of rotatable bonds is 4. The second kappa shape index (κ2) is 5.97. The SMILES string of the molecule is CC1CCCN1Cc1ccc(/C=C/C(=O)O)cc1F. The standard InChI is InChI=1S/C15H18FNO2/c1-11-3-2-8-17(11)10-13-6-4-12(9-14(13)16)5-7-15(18)19/h4-7,9,11H,2-3,8,10H2,1H3,(H,18,19)/b7-5+. The zero-order valence-corrected chi connectivity index (χ0v) is 11.0. The molecule has 1 aliphatic heterocycles. The first-order chi connectivity index (χ1) is 9.06. The quantitative estimate of drug-likeness (QED) is 0.849. The van der Waals surface area contributed by atoms with Crippen molar-refractivity contribution >= 4 is 12.0 Å². The Morgan fingerprint density at radius 1 is 1.58 bits per heavy atom. The number of carboxylic acid groups (broad SMARTS) is 1. The van der Waals surface area contributed by atoms with Crippen molar-refractivity contribution in [3.05, 3.63) is 41.2 Å². The Balaban J connectivity index is 2.08. The third kappa shape index (κ3) is 3.64. The zero-order valence-electron chi connectivity index (χ0n) is 11.0. The van der Waals surface area contributed by atoms with Crippen molar-refractivity contribution in [2.75, 3.05) is 6.54 Å². The van der Waals surface area contributed by atoms with Crippen LogP contribution in [0.3, 0.4) is 0 Å². The fourth-order valence-corrected chi connectivity index (χ4v) is 2.41. The van der Waals surface area contributed by atoms with Gasteiger partial charge in [0.1, 0.15) is 5.82 Å². The maximum Gasteiger partial charge on any atom is 0.328 e. The first kappa shape index (κ1) is 13.7. The summed E-state index contributed by atoms with van der Waals surface area (Å²) in [4.78, 5) is 12.7.